The third-order valence-electron chi connectivity index (χ3n) is 7.94. The average molecular weight is 399 g/mol. The molecule has 0 bridgehead atoms. The number of aliphatic carboxylic acids is 1. The third-order valence-corrected chi connectivity index (χ3v) is 7.94. The predicted octanol–water partition coefficient (Wildman–Crippen LogP) is 7.56. The summed E-state index contributed by atoms with van der Waals surface area (Å²) in [4.78, 5) is 11.3. The van der Waals surface area contributed by atoms with Crippen molar-refractivity contribution < 1.29 is 9.90 Å². The molecule has 0 aromatic heterocycles. The molecule has 162 valence electrons. The minimum absolute atomic E-state index is 0.345. The van der Waals surface area contributed by atoms with Gasteiger partial charge in [0.15, 0.2) is 0 Å². The van der Waals surface area contributed by atoms with Crippen molar-refractivity contribution in [3.05, 3.63) is 34.4 Å². The Labute approximate surface area is 178 Å². The lowest BCUT2D eigenvalue weighted by Crippen LogP contribution is -2.14. The van der Waals surface area contributed by atoms with Gasteiger partial charge in [-0.2, -0.15) is 0 Å². The predicted molar refractivity (Wildman–Crippen MR) is 122 cm³/mol. The van der Waals surface area contributed by atoms with E-state index in [1.165, 1.54) is 74.5 Å². The number of rotatable bonds is 14. The quantitative estimate of drug-likeness (QED) is 0.328. The van der Waals surface area contributed by atoms with E-state index in [1.54, 1.807) is 5.56 Å². The van der Waals surface area contributed by atoms with Gasteiger partial charge >= 0.3 is 5.97 Å². The molecule has 2 aliphatic carbocycles. The Bertz CT molecular complexity index is 695. The van der Waals surface area contributed by atoms with E-state index in [-0.39, 0.29) is 5.41 Å². The van der Waals surface area contributed by atoms with Gasteiger partial charge in [0.2, 0.25) is 0 Å². The molecule has 1 aromatic rings. The van der Waals surface area contributed by atoms with Crippen LogP contribution in [-0.4, -0.2) is 11.1 Å². The fourth-order valence-corrected chi connectivity index (χ4v) is 4.86. The Hall–Kier alpha value is -1.31. The molecule has 2 saturated carbocycles. The molecule has 2 aliphatic rings. The summed E-state index contributed by atoms with van der Waals surface area (Å²) in [5, 5.41) is 9.31. The summed E-state index contributed by atoms with van der Waals surface area (Å²) in [7, 11) is 0. The summed E-state index contributed by atoms with van der Waals surface area (Å²) in [6, 6.07) is 4.64. The average Bonchev–Trinajstić information content (AvgIpc) is 3.60. The van der Waals surface area contributed by atoms with Crippen molar-refractivity contribution in [2.45, 2.75) is 117 Å². The number of carboxylic acid groups (broad SMARTS) is 1. The highest BCUT2D eigenvalue weighted by Crippen LogP contribution is 2.50. The summed E-state index contributed by atoms with van der Waals surface area (Å²) in [5.74, 6) is -0.569. The molecular weight excluding hydrogens is 356 g/mol. The summed E-state index contributed by atoms with van der Waals surface area (Å²) < 4.78 is 0. The fourth-order valence-electron chi connectivity index (χ4n) is 4.86. The highest BCUT2D eigenvalue weighted by Gasteiger charge is 2.49. The van der Waals surface area contributed by atoms with E-state index in [2.05, 4.69) is 32.9 Å². The Morgan fingerprint density at radius 3 is 2.14 bits per heavy atom. The van der Waals surface area contributed by atoms with E-state index in [4.69, 9.17) is 0 Å². The number of benzene rings is 1. The molecule has 1 aromatic carbocycles. The number of carboxylic acids is 1. The number of carbonyl (C=O) groups is 1. The molecule has 29 heavy (non-hydrogen) atoms. The molecule has 3 rings (SSSR count). The van der Waals surface area contributed by atoms with Crippen molar-refractivity contribution in [2.24, 2.45) is 10.8 Å². The second kappa shape index (κ2) is 9.67. The van der Waals surface area contributed by atoms with Crippen LogP contribution in [0.15, 0.2) is 12.1 Å². The lowest BCUT2D eigenvalue weighted by Gasteiger charge is -2.16. The van der Waals surface area contributed by atoms with Crippen LogP contribution in [-0.2, 0) is 17.6 Å². The first kappa shape index (κ1) is 22.4. The maximum atomic E-state index is 11.3. The number of hydrogen-bond donors (Lipinski definition) is 1. The van der Waals surface area contributed by atoms with Gasteiger partial charge in [-0.25, -0.2) is 0 Å². The van der Waals surface area contributed by atoms with Gasteiger partial charge in [-0.05, 0) is 106 Å². The van der Waals surface area contributed by atoms with E-state index in [1.807, 2.05) is 0 Å². The number of aryl methyl sites for hydroxylation is 2. The number of unbranched alkanes of at least 4 members (excludes halogenated alkanes) is 5. The fraction of sp³-hybridized carbons (Fsp3) is 0.741. The molecule has 1 N–H and O–H groups in total. The molecule has 2 fully saturated rings. The second-order valence-corrected chi connectivity index (χ2v) is 10.5. The van der Waals surface area contributed by atoms with Gasteiger partial charge in [0.25, 0.3) is 0 Å². The maximum absolute atomic E-state index is 11.3. The summed E-state index contributed by atoms with van der Waals surface area (Å²) in [6.45, 7) is 6.98. The standard InChI is InChI=1S/C27H42O2/c1-21-13-14-23(11-7-6-10-16-27(19-20-27)25(28)29)24(22(21)2)12-8-4-5-9-15-26(3)17-18-26/h13-14H,4-12,15-20H2,1-3H3,(H,28,29). The van der Waals surface area contributed by atoms with E-state index in [0.29, 0.717) is 5.41 Å². The zero-order valence-corrected chi connectivity index (χ0v) is 19.1. The summed E-state index contributed by atoms with van der Waals surface area (Å²) >= 11 is 0. The van der Waals surface area contributed by atoms with Gasteiger partial charge in [-0.15, -0.1) is 0 Å². The minimum atomic E-state index is -0.569. The van der Waals surface area contributed by atoms with E-state index in [0.717, 1.165) is 38.5 Å². The zero-order valence-electron chi connectivity index (χ0n) is 19.1. The molecule has 0 aliphatic heterocycles. The minimum Gasteiger partial charge on any atom is -0.481 e. The van der Waals surface area contributed by atoms with Crippen LogP contribution < -0.4 is 0 Å². The van der Waals surface area contributed by atoms with E-state index < -0.39 is 5.97 Å². The largest absolute Gasteiger partial charge is 0.481 e. The van der Waals surface area contributed by atoms with Crippen molar-refractivity contribution in [1.82, 2.24) is 0 Å². The zero-order chi connectivity index (χ0) is 20.9. The maximum Gasteiger partial charge on any atom is 0.309 e. The topological polar surface area (TPSA) is 37.3 Å². The monoisotopic (exact) mass is 398 g/mol. The van der Waals surface area contributed by atoms with Crippen LogP contribution in [0.4, 0.5) is 0 Å². The van der Waals surface area contributed by atoms with Crippen LogP contribution >= 0.6 is 0 Å². The summed E-state index contributed by atoms with van der Waals surface area (Å²) in [5.41, 5.74) is 6.42. The van der Waals surface area contributed by atoms with Crippen molar-refractivity contribution >= 4 is 5.97 Å². The molecule has 0 spiro atoms. The Morgan fingerprint density at radius 2 is 1.48 bits per heavy atom. The Balaban J connectivity index is 1.39. The van der Waals surface area contributed by atoms with Crippen molar-refractivity contribution in [1.29, 1.82) is 0 Å². The van der Waals surface area contributed by atoms with Crippen molar-refractivity contribution in [3.8, 4) is 0 Å². The molecule has 0 heterocycles. The number of hydrogen-bond acceptors (Lipinski definition) is 1. The normalized spacial score (nSPS) is 18.6. The van der Waals surface area contributed by atoms with E-state index in [9.17, 15) is 9.90 Å². The first-order valence-corrected chi connectivity index (χ1v) is 12.2. The van der Waals surface area contributed by atoms with Crippen molar-refractivity contribution in [3.63, 3.8) is 0 Å². The SMILES string of the molecule is Cc1ccc(CCCCCC2(C(=O)O)CC2)c(CCCCCCC2(C)CC2)c1C. The molecule has 0 radical (unpaired) electrons. The molecule has 0 atom stereocenters. The molecule has 0 amide bonds. The van der Waals surface area contributed by atoms with Gasteiger partial charge < -0.3 is 5.11 Å². The molecule has 2 heteroatoms. The van der Waals surface area contributed by atoms with Crippen LogP contribution in [0.3, 0.4) is 0 Å². The van der Waals surface area contributed by atoms with Crippen LogP contribution in [0.2, 0.25) is 0 Å². The van der Waals surface area contributed by atoms with Gasteiger partial charge in [-0.3, -0.25) is 4.79 Å². The Morgan fingerprint density at radius 1 is 0.862 bits per heavy atom. The third kappa shape index (κ3) is 6.33. The van der Waals surface area contributed by atoms with Gasteiger partial charge in [0, 0.05) is 0 Å². The van der Waals surface area contributed by atoms with Gasteiger partial charge in [0.1, 0.15) is 0 Å². The van der Waals surface area contributed by atoms with Crippen molar-refractivity contribution in [2.75, 3.05) is 0 Å². The van der Waals surface area contributed by atoms with Gasteiger partial charge in [-0.1, -0.05) is 51.2 Å². The molecular formula is C27H42O2. The van der Waals surface area contributed by atoms with E-state index >= 15 is 0 Å². The highest BCUT2D eigenvalue weighted by atomic mass is 16.4. The van der Waals surface area contributed by atoms with Crippen LogP contribution in [0.5, 0.6) is 0 Å². The molecule has 2 nitrogen and oxygen atoms in total. The van der Waals surface area contributed by atoms with Crippen LogP contribution in [0.1, 0.15) is 113 Å². The lowest BCUT2D eigenvalue weighted by molar-refractivity contribution is -0.143. The highest BCUT2D eigenvalue weighted by molar-refractivity contribution is 5.77. The molecule has 0 saturated heterocycles. The lowest BCUT2D eigenvalue weighted by atomic mass is 9.90. The van der Waals surface area contributed by atoms with Gasteiger partial charge in [0.05, 0.1) is 5.41 Å². The van der Waals surface area contributed by atoms with Crippen LogP contribution in [0.25, 0.3) is 0 Å². The first-order valence-electron chi connectivity index (χ1n) is 12.2. The molecule has 0 unspecified atom stereocenters. The van der Waals surface area contributed by atoms with Crippen LogP contribution in [0, 0.1) is 24.7 Å². The first-order chi connectivity index (χ1) is 13.9. The Kier molecular flexibility index (Phi) is 7.46. The smallest absolute Gasteiger partial charge is 0.309 e. The second-order valence-electron chi connectivity index (χ2n) is 10.5. The summed E-state index contributed by atoms with van der Waals surface area (Å²) in [6.07, 6.45) is 18.3.